The SMILES string of the molecule is Fc1cnc(N2CC3(C2)CN(c2nnc4n2-c2ccc(Cl)cc2CN(C2(C(F)(F)F)CC2)C4)C3)nc1. The minimum atomic E-state index is -4.32. The third kappa shape index (κ3) is 3.23. The van der Waals surface area contributed by atoms with Gasteiger partial charge < -0.3 is 9.80 Å². The van der Waals surface area contributed by atoms with Crippen molar-refractivity contribution >= 4 is 23.5 Å². The molecule has 0 N–H and O–H groups in total. The number of hydrogen-bond acceptors (Lipinski definition) is 7. The van der Waals surface area contributed by atoms with Crippen LogP contribution in [0, 0.1) is 11.2 Å². The van der Waals surface area contributed by atoms with Gasteiger partial charge in [-0.3, -0.25) is 9.47 Å². The highest BCUT2D eigenvalue weighted by Gasteiger charge is 2.67. The van der Waals surface area contributed by atoms with E-state index in [4.69, 9.17) is 11.6 Å². The molecule has 188 valence electrons. The molecule has 0 bridgehead atoms. The molecule has 5 heterocycles. The summed E-state index contributed by atoms with van der Waals surface area (Å²) in [5.41, 5.74) is -0.313. The zero-order chi connectivity index (χ0) is 24.9. The van der Waals surface area contributed by atoms with Crippen LogP contribution in [0.5, 0.6) is 0 Å². The molecule has 0 unspecified atom stereocenters. The summed E-state index contributed by atoms with van der Waals surface area (Å²) in [7, 11) is 0. The van der Waals surface area contributed by atoms with Crippen LogP contribution in [0.2, 0.25) is 5.02 Å². The number of aromatic nitrogens is 5. The van der Waals surface area contributed by atoms with Gasteiger partial charge >= 0.3 is 6.18 Å². The number of hydrogen-bond donors (Lipinski definition) is 0. The fraction of sp³-hybridized carbons (Fsp3) is 0.478. The summed E-state index contributed by atoms with van der Waals surface area (Å²) in [4.78, 5) is 13.7. The van der Waals surface area contributed by atoms with Gasteiger partial charge in [0.1, 0.15) is 5.54 Å². The van der Waals surface area contributed by atoms with Gasteiger partial charge in [0.2, 0.25) is 11.9 Å². The third-order valence-corrected chi connectivity index (χ3v) is 8.06. The molecule has 2 saturated heterocycles. The van der Waals surface area contributed by atoms with Crippen LogP contribution in [-0.4, -0.2) is 67.5 Å². The van der Waals surface area contributed by atoms with Crippen molar-refractivity contribution in [1.29, 1.82) is 0 Å². The number of rotatable bonds is 3. The van der Waals surface area contributed by atoms with Gasteiger partial charge in [0, 0.05) is 43.2 Å². The van der Waals surface area contributed by atoms with Crippen LogP contribution in [0.15, 0.2) is 30.6 Å². The van der Waals surface area contributed by atoms with Gasteiger partial charge in [0.05, 0.1) is 24.6 Å². The van der Waals surface area contributed by atoms with Gasteiger partial charge in [-0.05, 0) is 36.6 Å². The second kappa shape index (κ2) is 7.28. The molecular weight excluding hydrogens is 500 g/mol. The Morgan fingerprint density at radius 1 is 0.917 bits per heavy atom. The molecule has 1 spiro atoms. The standard InChI is InChI=1S/C23H21ClF4N8/c24-15-1-2-17-14(5-15)8-35(22(3-4-22)23(26,27)28)9-18-31-32-20(36(17)18)34-12-21(13-34)10-33(11-21)19-29-6-16(25)7-30-19/h1-2,5-7H,3-4,8-13H2. The molecule has 8 nitrogen and oxygen atoms in total. The Hall–Kier alpha value is -2.99. The highest BCUT2D eigenvalue weighted by molar-refractivity contribution is 6.30. The van der Waals surface area contributed by atoms with Crippen molar-refractivity contribution in [2.24, 2.45) is 5.41 Å². The Bertz CT molecular complexity index is 1340. The van der Waals surface area contributed by atoms with Crippen LogP contribution >= 0.6 is 11.6 Å². The lowest BCUT2D eigenvalue weighted by Gasteiger charge is -2.60. The summed E-state index contributed by atoms with van der Waals surface area (Å²) in [5, 5.41) is 9.23. The first-order valence-electron chi connectivity index (χ1n) is 11.7. The average molecular weight is 521 g/mol. The molecule has 4 aliphatic rings. The maximum Gasteiger partial charge on any atom is 0.406 e. The quantitative estimate of drug-likeness (QED) is 0.489. The van der Waals surface area contributed by atoms with E-state index in [-0.39, 0.29) is 31.3 Å². The molecule has 1 aromatic carbocycles. The van der Waals surface area contributed by atoms with E-state index in [1.807, 2.05) is 15.5 Å². The zero-order valence-electron chi connectivity index (χ0n) is 19.0. The van der Waals surface area contributed by atoms with Gasteiger partial charge in [0.15, 0.2) is 11.6 Å². The van der Waals surface area contributed by atoms with Crippen molar-refractivity contribution in [2.75, 3.05) is 36.0 Å². The van der Waals surface area contributed by atoms with Crippen LogP contribution in [0.3, 0.4) is 0 Å². The molecule has 13 heteroatoms. The van der Waals surface area contributed by atoms with E-state index >= 15 is 0 Å². The molecule has 1 saturated carbocycles. The largest absolute Gasteiger partial charge is 0.406 e. The Morgan fingerprint density at radius 3 is 2.28 bits per heavy atom. The monoisotopic (exact) mass is 520 g/mol. The maximum absolute atomic E-state index is 14.0. The summed E-state index contributed by atoms with van der Waals surface area (Å²) < 4.78 is 57.0. The van der Waals surface area contributed by atoms with E-state index in [2.05, 4.69) is 25.1 Å². The molecule has 2 aromatic heterocycles. The first-order valence-corrected chi connectivity index (χ1v) is 12.1. The predicted molar refractivity (Wildman–Crippen MR) is 122 cm³/mol. The zero-order valence-corrected chi connectivity index (χ0v) is 19.8. The number of anilines is 2. The van der Waals surface area contributed by atoms with E-state index in [1.54, 1.807) is 12.1 Å². The Balaban J connectivity index is 1.16. The molecule has 3 aromatic rings. The van der Waals surface area contributed by atoms with Crippen LogP contribution in [0.25, 0.3) is 5.69 Å². The van der Waals surface area contributed by atoms with Crippen molar-refractivity contribution in [3.8, 4) is 5.69 Å². The van der Waals surface area contributed by atoms with Crippen molar-refractivity contribution in [3.05, 3.63) is 52.8 Å². The van der Waals surface area contributed by atoms with Crippen molar-refractivity contribution < 1.29 is 17.6 Å². The minimum absolute atomic E-state index is 0.0398. The highest BCUT2D eigenvalue weighted by atomic mass is 35.5. The van der Waals surface area contributed by atoms with Crippen molar-refractivity contribution in [1.82, 2.24) is 29.6 Å². The molecule has 36 heavy (non-hydrogen) atoms. The van der Waals surface area contributed by atoms with E-state index in [0.717, 1.165) is 49.8 Å². The number of nitrogens with zero attached hydrogens (tertiary/aromatic N) is 8. The first kappa shape index (κ1) is 22.2. The van der Waals surface area contributed by atoms with Gasteiger partial charge in [-0.25, -0.2) is 14.4 Å². The van der Waals surface area contributed by atoms with Gasteiger partial charge in [0.25, 0.3) is 0 Å². The summed E-state index contributed by atoms with van der Waals surface area (Å²) in [5.74, 6) is 1.13. The minimum Gasteiger partial charge on any atom is -0.339 e. The summed E-state index contributed by atoms with van der Waals surface area (Å²) in [6.45, 7) is 3.11. The summed E-state index contributed by atoms with van der Waals surface area (Å²) >= 11 is 6.25. The maximum atomic E-state index is 14.0. The molecule has 0 amide bonds. The van der Waals surface area contributed by atoms with Crippen molar-refractivity contribution in [3.63, 3.8) is 0 Å². The molecular formula is C23H21ClF4N8. The number of halogens is 5. The van der Waals surface area contributed by atoms with Crippen LogP contribution in [0.4, 0.5) is 29.5 Å². The van der Waals surface area contributed by atoms with Gasteiger partial charge in [-0.1, -0.05) is 11.6 Å². The Kier molecular flexibility index (Phi) is 4.50. The number of benzene rings is 1. The van der Waals surface area contributed by atoms with Gasteiger partial charge in [-0.2, -0.15) is 13.2 Å². The van der Waals surface area contributed by atoms with E-state index in [9.17, 15) is 17.6 Å². The average Bonchev–Trinajstić information content (AvgIpc) is 3.52. The molecule has 3 fully saturated rings. The van der Waals surface area contributed by atoms with Crippen LogP contribution in [-0.2, 0) is 13.1 Å². The predicted octanol–water partition coefficient (Wildman–Crippen LogP) is 3.59. The lowest BCUT2D eigenvalue weighted by Crippen LogP contribution is -2.73. The van der Waals surface area contributed by atoms with Crippen LogP contribution < -0.4 is 9.80 Å². The van der Waals surface area contributed by atoms with E-state index in [0.29, 0.717) is 22.7 Å². The second-order valence-corrected chi connectivity index (χ2v) is 10.8. The number of fused-ring (bicyclic) bond motifs is 3. The van der Waals surface area contributed by atoms with Crippen LogP contribution in [0.1, 0.15) is 24.2 Å². The summed E-state index contributed by atoms with van der Waals surface area (Å²) in [6.07, 6.45) is -1.85. The Labute approximate surface area is 208 Å². The van der Waals surface area contributed by atoms with Crippen molar-refractivity contribution in [2.45, 2.75) is 37.6 Å². The Morgan fingerprint density at radius 2 is 1.61 bits per heavy atom. The fourth-order valence-corrected chi connectivity index (χ4v) is 6.07. The fourth-order valence-electron chi connectivity index (χ4n) is 5.87. The number of alkyl halides is 3. The molecule has 3 aliphatic heterocycles. The molecule has 0 radical (unpaired) electrons. The second-order valence-electron chi connectivity index (χ2n) is 10.3. The normalized spacial score (nSPS) is 21.9. The third-order valence-electron chi connectivity index (χ3n) is 7.82. The topological polar surface area (TPSA) is 66.2 Å². The van der Waals surface area contributed by atoms with Gasteiger partial charge in [-0.15, -0.1) is 10.2 Å². The molecule has 1 aliphatic carbocycles. The highest BCUT2D eigenvalue weighted by Crippen LogP contribution is 2.55. The smallest absolute Gasteiger partial charge is 0.339 e. The molecule has 7 rings (SSSR count). The molecule has 0 atom stereocenters. The first-order chi connectivity index (χ1) is 17.2. The van der Waals surface area contributed by atoms with E-state index in [1.165, 1.54) is 4.90 Å². The summed E-state index contributed by atoms with van der Waals surface area (Å²) in [6, 6.07) is 5.31. The lowest BCUT2D eigenvalue weighted by molar-refractivity contribution is -0.200. The van der Waals surface area contributed by atoms with E-state index < -0.39 is 17.5 Å². The lowest BCUT2D eigenvalue weighted by atomic mass is 9.73.